The first-order valence-corrected chi connectivity index (χ1v) is 6.67. The van der Waals surface area contributed by atoms with Crippen molar-refractivity contribution >= 4 is 17.4 Å². The largest absolute Gasteiger partial charge is 0.316 e. The third kappa shape index (κ3) is 3.56. The molecule has 0 bridgehead atoms. The zero-order chi connectivity index (χ0) is 13.7. The molecule has 0 radical (unpaired) electrons. The number of hydrogen-bond donors (Lipinski definition) is 1. The molecule has 0 spiro atoms. The van der Waals surface area contributed by atoms with Crippen LogP contribution in [0, 0.1) is 10.1 Å². The molecular formula is C14H14N2O2S. The Morgan fingerprint density at radius 1 is 1.21 bits per heavy atom. The fraction of sp³-hybridized carbons (Fsp3) is 0.143. The van der Waals surface area contributed by atoms with Crippen LogP contribution in [0.4, 0.5) is 5.69 Å². The van der Waals surface area contributed by atoms with Crippen molar-refractivity contribution in [2.45, 2.75) is 16.3 Å². The van der Waals surface area contributed by atoms with Crippen molar-refractivity contribution in [2.24, 2.45) is 0 Å². The number of nitro groups is 1. The monoisotopic (exact) mass is 274 g/mol. The Morgan fingerprint density at radius 2 is 1.95 bits per heavy atom. The van der Waals surface area contributed by atoms with Gasteiger partial charge in [-0.15, -0.1) is 0 Å². The quantitative estimate of drug-likeness (QED) is 0.670. The van der Waals surface area contributed by atoms with Crippen molar-refractivity contribution in [3.63, 3.8) is 0 Å². The van der Waals surface area contributed by atoms with Gasteiger partial charge < -0.3 is 5.32 Å². The van der Waals surface area contributed by atoms with E-state index in [0.29, 0.717) is 6.54 Å². The first-order valence-electron chi connectivity index (χ1n) is 5.85. The first-order chi connectivity index (χ1) is 9.20. The average molecular weight is 274 g/mol. The maximum atomic E-state index is 10.8. The first kappa shape index (κ1) is 13.6. The topological polar surface area (TPSA) is 55.2 Å². The molecule has 0 saturated carbocycles. The molecule has 0 heterocycles. The van der Waals surface area contributed by atoms with E-state index in [0.717, 1.165) is 15.4 Å². The molecule has 0 amide bonds. The van der Waals surface area contributed by atoms with Gasteiger partial charge in [0.2, 0.25) is 0 Å². The third-order valence-corrected chi connectivity index (χ3v) is 3.72. The molecular weight excluding hydrogens is 260 g/mol. The summed E-state index contributed by atoms with van der Waals surface area (Å²) in [5.74, 6) is 0. The zero-order valence-electron chi connectivity index (χ0n) is 10.5. The van der Waals surface area contributed by atoms with Crippen LogP contribution in [-0.2, 0) is 6.54 Å². The second-order valence-electron chi connectivity index (χ2n) is 3.99. The van der Waals surface area contributed by atoms with Gasteiger partial charge in [-0.2, -0.15) is 0 Å². The molecule has 0 aromatic heterocycles. The predicted molar refractivity (Wildman–Crippen MR) is 76.4 cm³/mol. The minimum atomic E-state index is -0.365. The fourth-order valence-electron chi connectivity index (χ4n) is 1.72. The number of non-ortho nitro benzene ring substituents is 1. The molecule has 2 rings (SSSR count). The van der Waals surface area contributed by atoms with Crippen LogP contribution in [-0.4, -0.2) is 12.0 Å². The van der Waals surface area contributed by atoms with Crippen LogP contribution in [0.5, 0.6) is 0 Å². The molecule has 0 aliphatic carbocycles. The van der Waals surface area contributed by atoms with Gasteiger partial charge in [0.1, 0.15) is 0 Å². The van der Waals surface area contributed by atoms with Gasteiger partial charge in [0.05, 0.1) is 4.92 Å². The summed E-state index contributed by atoms with van der Waals surface area (Å²) in [7, 11) is 1.83. The Kier molecular flexibility index (Phi) is 4.54. The molecule has 4 nitrogen and oxygen atoms in total. The van der Waals surface area contributed by atoms with Gasteiger partial charge in [0.15, 0.2) is 0 Å². The van der Waals surface area contributed by atoms with E-state index in [1.165, 1.54) is 0 Å². The van der Waals surface area contributed by atoms with Crippen molar-refractivity contribution in [3.05, 3.63) is 64.2 Å². The molecule has 0 unspecified atom stereocenters. The summed E-state index contributed by atoms with van der Waals surface area (Å²) < 4.78 is 0. The van der Waals surface area contributed by atoms with E-state index in [9.17, 15) is 10.1 Å². The summed E-state index contributed by atoms with van der Waals surface area (Å²) in [5.41, 5.74) is 1.06. The van der Waals surface area contributed by atoms with Crippen LogP contribution < -0.4 is 5.32 Å². The third-order valence-electron chi connectivity index (χ3n) is 2.59. The zero-order valence-corrected chi connectivity index (χ0v) is 11.3. The molecule has 2 aromatic rings. The van der Waals surface area contributed by atoms with Crippen LogP contribution in [0.1, 0.15) is 5.56 Å². The Morgan fingerprint density at radius 3 is 2.58 bits per heavy atom. The van der Waals surface area contributed by atoms with Crippen molar-refractivity contribution in [1.82, 2.24) is 5.32 Å². The normalized spacial score (nSPS) is 10.4. The smallest absolute Gasteiger partial charge is 0.269 e. The van der Waals surface area contributed by atoms with Crippen molar-refractivity contribution in [2.75, 3.05) is 7.05 Å². The standard InChI is InChI=1S/C14H14N2O2S/c1-15-10-11-9-12(16(17)18)7-8-14(11)19-13-5-3-2-4-6-13/h2-9,15H,10H2,1H3. The van der Waals surface area contributed by atoms with Crippen LogP contribution in [0.25, 0.3) is 0 Å². The van der Waals surface area contributed by atoms with Crippen LogP contribution in [0.2, 0.25) is 0 Å². The lowest BCUT2D eigenvalue weighted by atomic mass is 10.2. The van der Waals surface area contributed by atoms with Gasteiger partial charge in [0.25, 0.3) is 5.69 Å². The summed E-state index contributed by atoms with van der Waals surface area (Å²) >= 11 is 1.61. The Hall–Kier alpha value is -1.85. The van der Waals surface area contributed by atoms with Crippen molar-refractivity contribution < 1.29 is 4.92 Å². The molecule has 0 saturated heterocycles. The summed E-state index contributed by atoms with van der Waals surface area (Å²) in [6, 6.07) is 14.9. The lowest BCUT2D eigenvalue weighted by molar-refractivity contribution is -0.385. The number of nitrogens with zero attached hydrogens (tertiary/aromatic N) is 1. The van der Waals surface area contributed by atoms with Gasteiger partial charge >= 0.3 is 0 Å². The highest BCUT2D eigenvalue weighted by molar-refractivity contribution is 7.99. The molecule has 0 aliphatic rings. The fourth-order valence-corrected chi connectivity index (χ4v) is 2.67. The molecule has 19 heavy (non-hydrogen) atoms. The molecule has 0 atom stereocenters. The number of nitro benzene ring substituents is 1. The second-order valence-corrected chi connectivity index (χ2v) is 5.11. The summed E-state index contributed by atoms with van der Waals surface area (Å²) in [4.78, 5) is 12.6. The summed E-state index contributed by atoms with van der Waals surface area (Å²) in [6.07, 6.45) is 0. The SMILES string of the molecule is CNCc1cc([N+](=O)[O-])ccc1Sc1ccccc1. The Bertz CT molecular complexity index is 573. The highest BCUT2D eigenvalue weighted by atomic mass is 32.2. The lowest BCUT2D eigenvalue weighted by Gasteiger charge is -2.08. The van der Waals surface area contributed by atoms with Crippen LogP contribution in [0.3, 0.4) is 0 Å². The number of benzene rings is 2. The van der Waals surface area contributed by atoms with Crippen molar-refractivity contribution in [3.8, 4) is 0 Å². The molecule has 0 fully saturated rings. The molecule has 2 aromatic carbocycles. The van der Waals surface area contributed by atoms with E-state index in [1.54, 1.807) is 23.9 Å². The summed E-state index contributed by atoms with van der Waals surface area (Å²) in [6.45, 7) is 0.608. The predicted octanol–water partition coefficient (Wildman–Crippen LogP) is 3.47. The Labute approximate surface area is 116 Å². The molecule has 98 valence electrons. The molecule has 0 aliphatic heterocycles. The minimum Gasteiger partial charge on any atom is -0.316 e. The highest BCUT2D eigenvalue weighted by Crippen LogP contribution is 2.32. The summed E-state index contributed by atoms with van der Waals surface area (Å²) in [5, 5.41) is 13.8. The van der Waals surface area contributed by atoms with E-state index >= 15 is 0 Å². The van der Waals surface area contributed by atoms with E-state index in [1.807, 2.05) is 43.4 Å². The molecule has 1 N–H and O–H groups in total. The number of hydrogen-bond acceptors (Lipinski definition) is 4. The average Bonchev–Trinajstić information content (AvgIpc) is 2.42. The van der Waals surface area contributed by atoms with Crippen LogP contribution in [0.15, 0.2) is 58.3 Å². The van der Waals surface area contributed by atoms with E-state index in [-0.39, 0.29) is 10.6 Å². The molecule has 5 heteroatoms. The highest BCUT2D eigenvalue weighted by Gasteiger charge is 2.11. The van der Waals surface area contributed by atoms with Crippen molar-refractivity contribution in [1.29, 1.82) is 0 Å². The van der Waals surface area contributed by atoms with E-state index < -0.39 is 0 Å². The van der Waals surface area contributed by atoms with E-state index in [2.05, 4.69) is 5.32 Å². The number of nitrogens with one attached hydrogen (secondary N) is 1. The number of rotatable bonds is 5. The Balaban J connectivity index is 2.31. The maximum Gasteiger partial charge on any atom is 0.269 e. The van der Waals surface area contributed by atoms with Gasteiger partial charge in [-0.3, -0.25) is 10.1 Å². The van der Waals surface area contributed by atoms with E-state index in [4.69, 9.17) is 0 Å². The van der Waals surface area contributed by atoms with Gasteiger partial charge in [-0.25, -0.2) is 0 Å². The van der Waals surface area contributed by atoms with Gasteiger partial charge in [-0.05, 0) is 30.8 Å². The lowest BCUT2D eigenvalue weighted by Crippen LogP contribution is -2.06. The second kappa shape index (κ2) is 6.36. The minimum absolute atomic E-state index is 0.127. The van der Waals surface area contributed by atoms with Gasteiger partial charge in [-0.1, -0.05) is 30.0 Å². The van der Waals surface area contributed by atoms with Gasteiger partial charge in [0, 0.05) is 28.5 Å². The maximum absolute atomic E-state index is 10.8. The van der Waals surface area contributed by atoms with Crippen LogP contribution >= 0.6 is 11.8 Å².